The SMILES string of the molecule is CC1CN(C(=NC#N)c2ccccc2-c2cccc3ccccc23)CCN1. The fraction of sp³-hybridized carbons (Fsp3) is 0.217. The van der Waals surface area contributed by atoms with Gasteiger partial charge in [-0.15, -0.1) is 0 Å². The van der Waals surface area contributed by atoms with Crippen LogP contribution in [0.15, 0.2) is 71.7 Å². The summed E-state index contributed by atoms with van der Waals surface area (Å²) >= 11 is 0. The molecule has 0 bridgehead atoms. The first-order chi connectivity index (χ1) is 13.3. The average molecular weight is 354 g/mol. The Morgan fingerprint density at radius 3 is 2.63 bits per heavy atom. The van der Waals surface area contributed by atoms with Crippen molar-refractivity contribution < 1.29 is 0 Å². The average Bonchev–Trinajstić information content (AvgIpc) is 2.72. The van der Waals surface area contributed by atoms with Crippen LogP contribution >= 0.6 is 0 Å². The third-order valence-electron chi connectivity index (χ3n) is 5.07. The van der Waals surface area contributed by atoms with Gasteiger partial charge in [-0.1, -0.05) is 66.7 Å². The highest BCUT2D eigenvalue weighted by Gasteiger charge is 2.22. The van der Waals surface area contributed by atoms with Crippen molar-refractivity contribution in [2.75, 3.05) is 19.6 Å². The minimum Gasteiger partial charge on any atom is -0.353 e. The lowest BCUT2D eigenvalue weighted by molar-refractivity contribution is 0.304. The van der Waals surface area contributed by atoms with E-state index in [1.807, 2.05) is 18.3 Å². The van der Waals surface area contributed by atoms with Crippen molar-refractivity contribution in [3.05, 3.63) is 72.3 Å². The van der Waals surface area contributed by atoms with Gasteiger partial charge >= 0.3 is 0 Å². The summed E-state index contributed by atoms with van der Waals surface area (Å²) in [7, 11) is 0. The number of fused-ring (bicyclic) bond motifs is 1. The van der Waals surface area contributed by atoms with Crippen LogP contribution in [0.25, 0.3) is 21.9 Å². The molecule has 0 aliphatic carbocycles. The molecule has 4 heteroatoms. The van der Waals surface area contributed by atoms with Crippen molar-refractivity contribution in [1.29, 1.82) is 5.26 Å². The Hall–Kier alpha value is -3.16. The Morgan fingerprint density at radius 2 is 1.78 bits per heavy atom. The molecule has 0 spiro atoms. The summed E-state index contributed by atoms with van der Waals surface area (Å²) in [6.07, 6.45) is 2.02. The number of hydrogen-bond donors (Lipinski definition) is 1. The first-order valence-corrected chi connectivity index (χ1v) is 9.30. The molecule has 27 heavy (non-hydrogen) atoms. The van der Waals surface area contributed by atoms with Gasteiger partial charge in [-0.05, 0) is 28.8 Å². The molecule has 0 radical (unpaired) electrons. The van der Waals surface area contributed by atoms with Gasteiger partial charge in [0, 0.05) is 31.2 Å². The van der Waals surface area contributed by atoms with Crippen LogP contribution in [-0.4, -0.2) is 36.4 Å². The van der Waals surface area contributed by atoms with E-state index in [0.29, 0.717) is 6.04 Å². The minimum atomic E-state index is 0.368. The van der Waals surface area contributed by atoms with Crippen LogP contribution in [-0.2, 0) is 0 Å². The lowest BCUT2D eigenvalue weighted by Crippen LogP contribution is -2.51. The Balaban J connectivity index is 1.87. The molecule has 0 amide bonds. The van der Waals surface area contributed by atoms with E-state index in [4.69, 9.17) is 0 Å². The highest BCUT2D eigenvalue weighted by Crippen LogP contribution is 2.32. The number of amidine groups is 1. The zero-order valence-corrected chi connectivity index (χ0v) is 15.4. The van der Waals surface area contributed by atoms with E-state index in [0.717, 1.165) is 42.2 Å². The number of hydrogen-bond acceptors (Lipinski definition) is 3. The van der Waals surface area contributed by atoms with Gasteiger partial charge in [0.05, 0.1) is 0 Å². The van der Waals surface area contributed by atoms with E-state index < -0.39 is 0 Å². The molecule has 1 saturated heterocycles. The number of nitrogens with one attached hydrogen (secondary N) is 1. The number of nitriles is 1. The Bertz CT molecular complexity index is 1030. The second-order valence-electron chi connectivity index (χ2n) is 6.91. The van der Waals surface area contributed by atoms with Crippen LogP contribution in [0, 0.1) is 11.5 Å². The van der Waals surface area contributed by atoms with Crippen molar-refractivity contribution in [3.63, 3.8) is 0 Å². The maximum Gasteiger partial charge on any atom is 0.207 e. The first-order valence-electron chi connectivity index (χ1n) is 9.30. The molecule has 4 nitrogen and oxygen atoms in total. The number of piperazine rings is 1. The summed E-state index contributed by atoms with van der Waals surface area (Å²) < 4.78 is 0. The molecule has 0 aromatic heterocycles. The van der Waals surface area contributed by atoms with Gasteiger partial charge in [-0.2, -0.15) is 10.3 Å². The molecule has 1 atom stereocenters. The number of benzene rings is 3. The standard InChI is InChI=1S/C23H22N4/c1-17-15-27(14-13-25-17)23(26-16-24)22-11-5-4-10-21(22)20-12-6-8-18-7-2-3-9-19(18)20/h2-12,17,25H,13-15H2,1H3. The maximum atomic E-state index is 9.35. The molecule has 1 aliphatic rings. The second-order valence-corrected chi connectivity index (χ2v) is 6.91. The van der Waals surface area contributed by atoms with Crippen LogP contribution in [0.3, 0.4) is 0 Å². The molecule has 1 heterocycles. The third kappa shape index (κ3) is 3.42. The Labute approximate surface area is 159 Å². The van der Waals surface area contributed by atoms with E-state index in [9.17, 15) is 5.26 Å². The summed E-state index contributed by atoms with van der Waals surface area (Å²) in [5.74, 6) is 0.759. The molecule has 3 aromatic rings. The van der Waals surface area contributed by atoms with Crippen LogP contribution in [0.2, 0.25) is 0 Å². The number of aliphatic imine (C=N–C) groups is 1. The monoisotopic (exact) mass is 354 g/mol. The fourth-order valence-electron chi connectivity index (χ4n) is 3.85. The number of nitrogens with zero attached hydrogens (tertiary/aromatic N) is 3. The van der Waals surface area contributed by atoms with E-state index in [1.165, 1.54) is 10.8 Å². The van der Waals surface area contributed by atoms with E-state index in [1.54, 1.807) is 0 Å². The lowest BCUT2D eigenvalue weighted by atomic mass is 9.93. The molecule has 134 valence electrons. The molecular formula is C23H22N4. The summed E-state index contributed by atoms with van der Waals surface area (Å²) in [6.45, 7) is 4.73. The molecule has 1 fully saturated rings. The Morgan fingerprint density at radius 1 is 1.04 bits per heavy atom. The predicted molar refractivity (Wildman–Crippen MR) is 111 cm³/mol. The normalized spacial score (nSPS) is 17.7. The van der Waals surface area contributed by atoms with E-state index >= 15 is 0 Å². The van der Waals surface area contributed by atoms with Gasteiger partial charge in [0.25, 0.3) is 0 Å². The molecular weight excluding hydrogens is 332 g/mol. The molecule has 0 saturated carbocycles. The number of rotatable bonds is 2. The fourth-order valence-corrected chi connectivity index (χ4v) is 3.85. The van der Waals surface area contributed by atoms with Gasteiger partial charge in [-0.3, -0.25) is 0 Å². The quantitative estimate of drug-likeness (QED) is 0.429. The summed E-state index contributed by atoms with van der Waals surface area (Å²) in [6, 6.07) is 23.4. The molecule has 1 aliphatic heterocycles. The van der Waals surface area contributed by atoms with Crippen LogP contribution < -0.4 is 5.32 Å². The largest absolute Gasteiger partial charge is 0.353 e. The highest BCUT2D eigenvalue weighted by atomic mass is 15.2. The van der Waals surface area contributed by atoms with Crippen molar-refractivity contribution in [2.24, 2.45) is 4.99 Å². The first kappa shape index (κ1) is 17.3. The molecule has 3 aromatic carbocycles. The predicted octanol–water partition coefficient (Wildman–Crippen LogP) is 4.03. The maximum absolute atomic E-state index is 9.35. The van der Waals surface area contributed by atoms with Crippen molar-refractivity contribution in [3.8, 4) is 17.3 Å². The summed E-state index contributed by atoms with van der Waals surface area (Å²) in [5.41, 5.74) is 3.27. The van der Waals surface area contributed by atoms with Gasteiger partial charge in [0.2, 0.25) is 6.19 Å². The van der Waals surface area contributed by atoms with Crippen LogP contribution in [0.5, 0.6) is 0 Å². The smallest absolute Gasteiger partial charge is 0.207 e. The van der Waals surface area contributed by atoms with Gasteiger partial charge < -0.3 is 10.2 Å². The zero-order chi connectivity index (χ0) is 18.6. The van der Waals surface area contributed by atoms with Crippen molar-refractivity contribution in [1.82, 2.24) is 10.2 Å². The molecule has 4 rings (SSSR count). The van der Waals surface area contributed by atoms with Crippen LogP contribution in [0.1, 0.15) is 12.5 Å². The Kier molecular flexibility index (Phi) is 4.86. The topological polar surface area (TPSA) is 51.4 Å². The summed E-state index contributed by atoms with van der Waals surface area (Å²) in [4.78, 5) is 6.46. The van der Waals surface area contributed by atoms with Gasteiger partial charge in [-0.25, -0.2) is 0 Å². The minimum absolute atomic E-state index is 0.368. The van der Waals surface area contributed by atoms with E-state index in [-0.39, 0.29) is 0 Å². The van der Waals surface area contributed by atoms with Gasteiger partial charge in [0.15, 0.2) is 0 Å². The van der Waals surface area contributed by atoms with Gasteiger partial charge in [0.1, 0.15) is 5.84 Å². The lowest BCUT2D eigenvalue weighted by Gasteiger charge is -2.34. The molecule has 1 N–H and O–H groups in total. The highest BCUT2D eigenvalue weighted by molar-refractivity contribution is 6.08. The zero-order valence-electron chi connectivity index (χ0n) is 15.4. The van der Waals surface area contributed by atoms with Crippen LogP contribution in [0.4, 0.5) is 0 Å². The van der Waals surface area contributed by atoms with E-state index in [2.05, 4.69) is 76.7 Å². The second kappa shape index (κ2) is 7.61. The molecule has 1 unspecified atom stereocenters. The third-order valence-corrected chi connectivity index (χ3v) is 5.07. The summed E-state index contributed by atoms with van der Waals surface area (Å²) in [5, 5.41) is 15.2. The van der Waals surface area contributed by atoms with Crippen molar-refractivity contribution in [2.45, 2.75) is 13.0 Å². The van der Waals surface area contributed by atoms with Crippen molar-refractivity contribution >= 4 is 16.6 Å².